The van der Waals surface area contributed by atoms with Crippen LogP contribution in [-0.4, -0.2) is 25.3 Å². The molecule has 0 fully saturated rings. The van der Waals surface area contributed by atoms with Gasteiger partial charge in [0.25, 0.3) is 16.9 Å². The van der Waals surface area contributed by atoms with Crippen LogP contribution in [0.4, 0.5) is 17.1 Å². The number of carbonyl (C=O) groups excluding carboxylic acids is 1. The number of non-ortho nitro benzene ring substituents is 2. The van der Waals surface area contributed by atoms with E-state index in [1.807, 2.05) is 0 Å². The molecule has 11 nitrogen and oxygen atoms in total. The van der Waals surface area contributed by atoms with E-state index in [9.17, 15) is 29.8 Å². The molecule has 28 heavy (non-hydrogen) atoms. The standard InChI is InChI=1S/C17H13N5O6/c1-10-2-3-11(21(25)26)6-14(10)19-16(23)8-20-9-18-15-7-12(22(27)28)4-5-13(15)17(20)24/h2-7,9H,8H2,1H3,(H,19,23). The molecule has 3 rings (SSSR count). The number of anilines is 1. The van der Waals surface area contributed by atoms with E-state index in [0.29, 0.717) is 5.56 Å². The van der Waals surface area contributed by atoms with Crippen molar-refractivity contribution in [3.8, 4) is 0 Å². The summed E-state index contributed by atoms with van der Waals surface area (Å²) in [5.74, 6) is -0.575. The molecular weight excluding hydrogens is 370 g/mol. The second-order valence-electron chi connectivity index (χ2n) is 5.94. The van der Waals surface area contributed by atoms with E-state index in [-0.39, 0.29) is 34.5 Å². The molecule has 0 bridgehead atoms. The molecule has 0 aliphatic heterocycles. The van der Waals surface area contributed by atoms with Gasteiger partial charge < -0.3 is 5.32 Å². The highest BCUT2D eigenvalue weighted by Gasteiger charge is 2.14. The average Bonchev–Trinajstić information content (AvgIpc) is 2.65. The van der Waals surface area contributed by atoms with Crippen molar-refractivity contribution in [2.75, 3.05) is 5.32 Å². The summed E-state index contributed by atoms with van der Waals surface area (Å²) in [5.41, 5.74) is 0.117. The minimum atomic E-state index is -0.596. The maximum atomic E-state index is 12.5. The van der Waals surface area contributed by atoms with Gasteiger partial charge in [0.1, 0.15) is 6.54 Å². The molecule has 0 radical (unpaired) electrons. The first-order valence-electron chi connectivity index (χ1n) is 7.95. The predicted octanol–water partition coefficient (Wildman–Crippen LogP) is 2.16. The molecule has 0 saturated carbocycles. The van der Waals surface area contributed by atoms with Crippen LogP contribution < -0.4 is 10.9 Å². The summed E-state index contributed by atoms with van der Waals surface area (Å²) in [4.78, 5) is 49.3. The normalized spacial score (nSPS) is 10.6. The number of amides is 1. The summed E-state index contributed by atoms with van der Waals surface area (Å²) >= 11 is 0. The molecule has 0 aliphatic carbocycles. The van der Waals surface area contributed by atoms with Gasteiger partial charge >= 0.3 is 0 Å². The van der Waals surface area contributed by atoms with Crippen LogP contribution in [0.1, 0.15) is 5.56 Å². The van der Waals surface area contributed by atoms with Gasteiger partial charge in [-0.3, -0.25) is 34.4 Å². The van der Waals surface area contributed by atoms with Gasteiger partial charge in [-0.1, -0.05) is 6.07 Å². The quantitative estimate of drug-likeness (QED) is 0.524. The van der Waals surface area contributed by atoms with Crippen molar-refractivity contribution in [3.63, 3.8) is 0 Å². The van der Waals surface area contributed by atoms with Crippen LogP contribution in [0.5, 0.6) is 0 Å². The Bertz CT molecular complexity index is 1190. The van der Waals surface area contributed by atoms with Crippen LogP contribution in [0.25, 0.3) is 10.9 Å². The number of nitrogens with zero attached hydrogens (tertiary/aromatic N) is 4. The Morgan fingerprint density at radius 3 is 2.43 bits per heavy atom. The van der Waals surface area contributed by atoms with Crippen LogP contribution >= 0.6 is 0 Å². The zero-order chi connectivity index (χ0) is 20.4. The number of nitro groups is 2. The lowest BCUT2D eigenvalue weighted by Gasteiger charge is -2.10. The average molecular weight is 383 g/mol. The second-order valence-corrected chi connectivity index (χ2v) is 5.94. The number of rotatable bonds is 5. The van der Waals surface area contributed by atoms with E-state index in [2.05, 4.69) is 10.3 Å². The topological polar surface area (TPSA) is 150 Å². The molecule has 1 heterocycles. The molecule has 0 atom stereocenters. The van der Waals surface area contributed by atoms with Gasteiger partial charge in [0.2, 0.25) is 5.91 Å². The van der Waals surface area contributed by atoms with E-state index in [0.717, 1.165) is 10.9 Å². The van der Waals surface area contributed by atoms with Gasteiger partial charge in [-0.25, -0.2) is 4.98 Å². The minimum absolute atomic E-state index is 0.132. The lowest BCUT2D eigenvalue weighted by molar-refractivity contribution is -0.384. The molecule has 0 spiro atoms. The highest BCUT2D eigenvalue weighted by Crippen LogP contribution is 2.22. The number of aryl methyl sites for hydroxylation is 1. The number of aromatic nitrogens is 2. The van der Waals surface area contributed by atoms with Crippen LogP contribution in [0.3, 0.4) is 0 Å². The third-order valence-electron chi connectivity index (χ3n) is 4.04. The Labute approximate surface area is 156 Å². The number of hydrogen-bond donors (Lipinski definition) is 1. The second kappa shape index (κ2) is 7.23. The van der Waals surface area contributed by atoms with Crippen molar-refractivity contribution in [2.45, 2.75) is 13.5 Å². The highest BCUT2D eigenvalue weighted by molar-refractivity contribution is 5.92. The molecular formula is C17H13N5O6. The van der Waals surface area contributed by atoms with Crippen LogP contribution in [0.15, 0.2) is 47.5 Å². The van der Waals surface area contributed by atoms with Gasteiger partial charge in [-0.2, -0.15) is 0 Å². The van der Waals surface area contributed by atoms with Crippen molar-refractivity contribution < 1.29 is 14.6 Å². The van der Waals surface area contributed by atoms with Gasteiger partial charge in [-0.15, -0.1) is 0 Å². The SMILES string of the molecule is Cc1ccc([N+](=O)[O-])cc1NC(=O)Cn1cnc2cc([N+](=O)[O-])ccc2c1=O. The van der Waals surface area contributed by atoms with E-state index < -0.39 is 21.3 Å². The first kappa shape index (κ1) is 18.6. The summed E-state index contributed by atoms with van der Waals surface area (Å²) in [5, 5.41) is 24.3. The van der Waals surface area contributed by atoms with Crippen molar-refractivity contribution in [1.82, 2.24) is 9.55 Å². The summed E-state index contributed by atoms with van der Waals surface area (Å²) in [6.45, 7) is 1.30. The molecule has 1 aromatic heterocycles. The molecule has 142 valence electrons. The van der Waals surface area contributed by atoms with Gasteiger partial charge in [0, 0.05) is 24.3 Å². The fraction of sp³-hybridized carbons (Fsp3) is 0.118. The first-order valence-corrected chi connectivity index (χ1v) is 7.95. The minimum Gasteiger partial charge on any atom is -0.324 e. The third-order valence-corrected chi connectivity index (χ3v) is 4.04. The molecule has 0 unspecified atom stereocenters. The van der Waals surface area contributed by atoms with E-state index >= 15 is 0 Å². The van der Waals surface area contributed by atoms with Crippen molar-refractivity contribution in [1.29, 1.82) is 0 Å². The Kier molecular flexibility index (Phi) is 4.81. The number of fused-ring (bicyclic) bond motifs is 1. The zero-order valence-electron chi connectivity index (χ0n) is 14.5. The largest absolute Gasteiger partial charge is 0.324 e. The first-order chi connectivity index (χ1) is 13.3. The van der Waals surface area contributed by atoms with E-state index in [4.69, 9.17) is 0 Å². The predicted molar refractivity (Wildman–Crippen MR) is 99.1 cm³/mol. The number of benzene rings is 2. The Hall–Kier alpha value is -4.15. The van der Waals surface area contributed by atoms with Crippen molar-refractivity contribution in [3.05, 3.63) is 78.9 Å². The maximum Gasteiger partial charge on any atom is 0.271 e. The third kappa shape index (κ3) is 3.67. The van der Waals surface area contributed by atoms with Gasteiger partial charge in [0.15, 0.2) is 0 Å². The molecule has 1 amide bonds. The zero-order valence-corrected chi connectivity index (χ0v) is 14.5. The highest BCUT2D eigenvalue weighted by atomic mass is 16.6. The van der Waals surface area contributed by atoms with Crippen LogP contribution in [0, 0.1) is 27.2 Å². The van der Waals surface area contributed by atoms with Gasteiger partial charge in [0.05, 0.1) is 32.8 Å². The van der Waals surface area contributed by atoms with E-state index in [1.165, 1.54) is 36.4 Å². The number of nitro benzene ring substituents is 2. The van der Waals surface area contributed by atoms with E-state index in [1.54, 1.807) is 6.92 Å². The number of nitrogens with one attached hydrogen (secondary N) is 1. The summed E-state index contributed by atoms with van der Waals surface area (Å²) < 4.78 is 1.05. The lowest BCUT2D eigenvalue weighted by Crippen LogP contribution is -2.28. The molecule has 0 aliphatic rings. The summed E-state index contributed by atoms with van der Waals surface area (Å²) in [7, 11) is 0. The molecule has 3 aromatic rings. The summed E-state index contributed by atoms with van der Waals surface area (Å²) in [6.07, 6.45) is 1.12. The fourth-order valence-corrected chi connectivity index (χ4v) is 2.58. The molecule has 1 N–H and O–H groups in total. The van der Waals surface area contributed by atoms with Crippen LogP contribution in [0.2, 0.25) is 0 Å². The van der Waals surface area contributed by atoms with Crippen molar-refractivity contribution in [2.24, 2.45) is 0 Å². The Balaban J connectivity index is 1.86. The Morgan fingerprint density at radius 1 is 1.11 bits per heavy atom. The maximum absolute atomic E-state index is 12.5. The van der Waals surface area contributed by atoms with Crippen molar-refractivity contribution >= 4 is 33.9 Å². The lowest BCUT2D eigenvalue weighted by atomic mass is 10.2. The fourth-order valence-electron chi connectivity index (χ4n) is 2.58. The molecule has 0 saturated heterocycles. The Morgan fingerprint density at radius 2 is 1.75 bits per heavy atom. The molecule has 2 aromatic carbocycles. The summed E-state index contributed by atoms with van der Waals surface area (Å²) in [6, 6.07) is 7.69. The molecule has 11 heteroatoms. The van der Waals surface area contributed by atoms with Gasteiger partial charge in [-0.05, 0) is 18.6 Å². The monoisotopic (exact) mass is 383 g/mol. The van der Waals surface area contributed by atoms with Crippen LogP contribution in [-0.2, 0) is 11.3 Å². The number of hydrogen-bond acceptors (Lipinski definition) is 7. The number of carbonyl (C=O) groups is 1. The smallest absolute Gasteiger partial charge is 0.271 e.